The Bertz CT molecular complexity index is 491. The smallest absolute Gasteiger partial charge is 0.319 e. The molecule has 0 saturated heterocycles. The summed E-state index contributed by atoms with van der Waals surface area (Å²) < 4.78 is 9.63. The van der Waals surface area contributed by atoms with Gasteiger partial charge in [0.1, 0.15) is 0 Å². The molecular formula is C16H24N2O4. The highest BCUT2D eigenvalue weighted by Gasteiger charge is 2.15. The molecule has 0 aliphatic heterocycles. The van der Waals surface area contributed by atoms with Crippen molar-refractivity contribution in [2.75, 3.05) is 45.8 Å². The minimum Gasteiger partial charge on any atom is -0.468 e. The average Bonchev–Trinajstić information content (AvgIpc) is 2.52. The maximum atomic E-state index is 12.1. The molecule has 1 aromatic carbocycles. The van der Waals surface area contributed by atoms with Crippen LogP contribution < -0.4 is 5.32 Å². The Morgan fingerprint density at radius 2 is 2.00 bits per heavy atom. The maximum Gasteiger partial charge on any atom is 0.319 e. The Morgan fingerprint density at radius 1 is 1.23 bits per heavy atom. The van der Waals surface area contributed by atoms with Crippen LogP contribution in [0.2, 0.25) is 0 Å². The topological polar surface area (TPSA) is 67.9 Å². The van der Waals surface area contributed by atoms with Gasteiger partial charge in [0, 0.05) is 19.3 Å². The molecule has 0 saturated carbocycles. The molecule has 122 valence electrons. The zero-order chi connectivity index (χ0) is 16.4. The van der Waals surface area contributed by atoms with E-state index in [1.54, 1.807) is 12.0 Å². The summed E-state index contributed by atoms with van der Waals surface area (Å²) >= 11 is 0. The molecule has 0 heterocycles. The zero-order valence-corrected chi connectivity index (χ0v) is 13.4. The van der Waals surface area contributed by atoms with Crippen molar-refractivity contribution in [2.24, 2.45) is 0 Å². The number of nitrogens with zero attached hydrogens (tertiary/aromatic N) is 1. The van der Waals surface area contributed by atoms with Gasteiger partial charge in [-0.1, -0.05) is 19.1 Å². The van der Waals surface area contributed by atoms with Crippen molar-refractivity contribution in [2.45, 2.75) is 13.3 Å². The third-order valence-corrected chi connectivity index (χ3v) is 3.18. The van der Waals surface area contributed by atoms with E-state index in [0.717, 1.165) is 17.7 Å². The van der Waals surface area contributed by atoms with E-state index >= 15 is 0 Å². The van der Waals surface area contributed by atoms with Crippen LogP contribution in [0, 0.1) is 0 Å². The summed E-state index contributed by atoms with van der Waals surface area (Å²) in [4.78, 5) is 25.2. The molecule has 1 aromatic rings. The summed E-state index contributed by atoms with van der Waals surface area (Å²) in [6, 6.07) is 7.71. The number of carbonyl (C=O) groups is 2. The number of aryl methyl sites for hydroxylation is 1. The van der Waals surface area contributed by atoms with Crippen molar-refractivity contribution in [3.05, 3.63) is 29.8 Å². The second kappa shape index (κ2) is 9.92. The summed E-state index contributed by atoms with van der Waals surface area (Å²) in [5, 5.41) is 2.84. The molecule has 0 radical (unpaired) electrons. The van der Waals surface area contributed by atoms with E-state index in [0.29, 0.717) is 13.2 Å². The van der Waals surface area contributed by atoms with Crippen LogP contribution in [0.5, 0.6) is 0 Å². The third kappa shape index (κ3) is 6.69. The second-order valence-electron chi connectivity index (χ2n) is 4.88. The first kappa shape index (κ1) is 18.1. The standard InChI is InChI=1S/C16H24N2O4/c1-4-13-6-5-7-14(10-13)17-15(19)11-18(8-9-21-2)12-16(20)22-3/h5-7,10H,4,8-9,11-12H2,1-3H3,(H,17,19). The Morgan fingerprint density at radius 3 is 2.64 bits per heavy atom. The lowest BCUT2D eigenvalue weighted by atomic mass is 10.1. The fourth-order valence-electron chi connectivity index (χ4n) is 1.95. The Hall–Kier alpha value is -1.92. The molecule has 1 N–H and O–H groups in total. The number of ether oxygens (including phenoxy) is 2. The lowest BCUT2D eigenvalue weighted by Crippen LogP contribution is -2.39. The van der Waals surface area contributed by atoms with Gasteiger partial charge in [0.25, 0.3) is 0 Å². The van der Waals surface area contributed by atoms with E-state index in [-0.39, 0.29) is 25.0 Å². The van der Waals surface area contributed by atoms with Crippen molar-refractivity contribution in [3.63, 3.8) is 0 Å². The maximum absolute atomic E-state index is 12.1. The average molecular weight is 308 g/mol. The monoisotopic (exact) mass is 308 g/mol. The normalized spacial score (nSPS) is 10.5. The molecule has 0 unspecified atom stereocenters. The van der Waals surface area contributed by atoms with E-state index in [4.69, 9.17) is 4.74 Å². The van der Waals surface area contributed by atoms with Gasteiger partial charge in [-0.25, -0.2) is 0 Å². The highest BCUT2D eigenvalue weighted by atomic mass is 16.5. The van der Waals surface area contributed by atoms with Gasteiger partial charge in [0.05, 0.1) is 26.8 Å². The van der Waals surface area contributed by atoms with Crippen molar-refractivity contribution in [3.8, 4) is 0 Å². The summed E-state index contributed by atoms with van der Waals surface area (Å²) in [7, 11) is 2.90. The quantitative estimate of drug-likeness (QED) is 0.697. The van der Waals surface area contributed by atoms with Gasteiger partial charge in [-0.05, 0) is 24.1 Å². The first-order valence-electron chi connectivity index (χ1n) is 7.26. The number of anilines is 1. The minimum atomic E-state index is -0.378. The van der Waals surface area contributed by atoms with Gasteiger partial charge in [0.2, 0.25) is 5.91 Å². The number of esters is 1. The number of rotatable bonds is 9. The van der Waals surface area contributed by atoms with Crippen LogP contribution in [0.3, 0.4) is 0 Å². The third-order valence-electron chi connectivity index (χ3n) is 3.18. The fourth-order valence-corrected chi connectivity index (χ4v) is 1.95. The first-order chi connectivity index (χ1) is 10.6. The molecular weight excluding hydrogens is 284 g/mol. The van der Waals surface area contributed by atoms with Crippen LogP contribution in [-0.4, -0.2) is 57.2 Å². The second-order valence-corrected chi connectivity index (χ2v) is 4.88. The zero-order valence-electron chi connectivity index (χ0n) is 13.4. The van der Waals surface area contributed by atoms with Gasteiger partial charge in [0.15, 0.2) is 0 Å². The lowest BCUT2D eigenvalue weighted by molar-refractivity contribution is -0.142. The highest BCUT2D eigenvalue weighted by Crippen LogP contribution is 2.11. The van der Waals surface area contributed by atoms with Gasteiger partial charge in [-0.3, -0.25) is 14.5 Å². The van der Waals surface area contributed by atoms with Crippen LogP contribution in [0.25, 0.3) is 0 Å². The van der Waals surface area contributed by atoms with Crippen LogP contribution in [0.15, 0.2) is 24.3 Å². The number of hydrogen-bond donors (Lipinski definition) is 1. The molecule has 0 atom stereocenters. The molecule has 1 rings (SSSR count). The number of methoxy groups -OCH3 is 2. The molecule has 0 aromatic heterocycles. The van der Waals surface area contributed by atoms with Gasteiger partial charge < -0.3 is 14.8 Å². The molecule has 0 aliphatic carbocycles. The predicted octanol–water partition coefficient (Wildman–Crippen LogP) is 1.31. The number of hydrogen-bond acceptors (Lipinski definition) is 5. The Labute approximate surface area is 131 Å². The number of amides is 1. The van der Waals surface area contributed by atoms with Crippen LogP contribution in [0.1, 0.15) is 12.5 Å². The predicted molar refractivity (Wildman–Crippen MR) is 84.8 cm³/mol. The fraction of sp³-hybridized carbons (Fsp3) is 0.500. The van der Waals surface area contributed by atoms with Crippen molar-refractivity contribution >= 4 is 17.6 Å². The summed E-state index contributed by atoms with van der Waals surface area (Å²) in [6.07, 6.45) is 0.909. The molecule has 22 heavy (non-hydrogen) atoms. The molecule has 0 spiro atoms. The Kier molecular flexibility index (Phi) is 8.17. The summed E-state index contributed by atoms with van der Waals surface area (Å²) in [6.45, 7) is 3.14. The van der Waals surface area contributed by atoms with E-state index in [9.17, 15) is 9.59 Å². The van der Waals surface area contributed by atoms with E-state index in [1.807, 2.05) is 24.3 Å². The minimum absolute atomic E-state index is 0.0578. The number of benzene rings is 1. The molecule has 0 bridgehead atoms. The van der Waals surface area contributed by atoms with Crippen molar-refractivity contribution in [1.82, 2.24) is 4.90 Å². The largest absolute Gasteiger partial charge is 0.468 e. The molecule has 0 aliphatic rings. The van der Waals surface area contributed by atoms with Crippen LogP contribution in [-0.2, 0) is 25.5 Å². The summed E-state index contributed by atoms with van der Waals surface area (Å²) in [5.74, 6) is -0.551. The SMILES string of the molecule is CCc1cccc(NC(=O)CN(CCOC)CC(=O)OC)c1. The Balaban J connectivity index is 2.58. The van der Waals surface area contributed by atoms with E-state index in [2.05, 4.69) is 17.0 Å². The molecule has 0 fully saturated rings. The van der Waals surface area contributed by atoms with Crippen LogP contribution in [0.4, 0.5) is 5.69 Å². The van der Waals surface area contributed by atoms with Gasteiger partial charge in [-0.15, -0.1) is 0 Å². The van der Waals surface area contributed by atoms with Crippen LogP contribution >= 0.6 is 0 Å². The molecule has 1 amide bonds. The van der Waals surface area contributed by atoms with Gasteiger partial charge in [-0.2, -0.15) is 0 Å². The van der Waals surface area contributed by atoms with E-state index in [1.165, 1.54) is 7.11 Å². The van der Waals surface area contributed by atoms with Gasteiger partial charge >= 0.3 is 5.97 Å². The van der Waals surface area contributed by atoms with Crippen molar-refractivity contribution < 1.29 is 19.1 Å². The van der Waals surface area contributed by atoms with E-state index < -0.39 is 0 Å². The highest BCUT2D eigenvalue weighted by molar-refractivity contribution is 5.92. The van der Waals surface area contributed by atoms with Crippen molar-refractivity contribution in [1.29, 1.82) is 0 Å². The number of nitrogens with one attached hydrogen (secondary N) is 1. The summed E-state index contributed by atoms with van der Waals surface area (Å²) in [5.41, 5.74) is 1.91. The first-order valence-corrected chi connectivity index (χ1v) is 7.26. The number of carbonyl (C=O) groups excluding carboxylic acids is 2. The molecule has 6 nitrogen and oxygen atoms in total. The molecule has 6 heteroatoms. The lowest BCUT2D eigenvalue weighted by Gasteiger charge is -2.20.